The molecule has 0 aromatic rings. The molecule has 2 unspecified atom stereocenters. The number of rotatable bonds is 22. The molecular formula is C21H36F4O9. The van der Waals surface area contributed by atoms with E-state index >= 15 is 0 Å². The molecule has 1 rings (SSSR count). The van der Waals surface area contributed by atoms with Crippen molar-refractivity contribution >= 4 is 0 Å². The number of epoxide rings is 1. The van der Waals surface area contributed by atoms with Crippen LogP contribution in [0.2, 0.25) is 0 Å². The lowest BCUT2D eigenvalue weighted by atomic mass is 10.3. The second-order valence-electron chi connectivity index (χ2n) is 6.90. The molecule has 13 heteroatoms. The van der Waals surface area contributed by atoms with Gasteiger partial charge in [0.25, 0.3) is 0 Å². The van der Waals surface area contributed by atoms with Crippen molar-refractivity contribution in [2.75, 3.05) is 72.9 Å². The standard InChI is InChI=1S/C14H24F4O7.C7H12O2/c1-2-5-21-6-3-12(20)8-23-9-13(15,16)25-14(17,18)10-24-11-22-7-4-19;1-2-4-8-5-3-7-6-9-7/h2,12,19-20H,1,3-11H2;2,7H,1,3-6H2. The lowest BCUT2D eigenvalue weighted by Gasteiger charge is -2.23. The van der Waals surface area contributed by atoms with Gasteiger partial charge in [-0.05, 0) is 12.8 Å². The largest absolute Gasteiger partial charge is 0.394 e. The van der Waals surface area contributed by atoms with Crippen molar-refractivity contribution in [3.63, 3.8) is 0 Å². The fourth-order valence-corrected chi connectivity index (χ4v) is 2.02. The van der Waals surface area contributed by atoms with E-state index in [2.05, 4.69) is 32.1 Å². The Morgan fingerprint density at radius 1 is 0.912 bits per heavy atom. The molecule has 0 spiro atoms. The minimum Gasteiger partial charge on any atom is -0.394 e. The van der Waals surface area contributed by atoms with Gasteiger partial charge in [-0.1, -0.05) is 12.2 Å². The molecule has 0 aromatic carbocycles. The number of hydrogen-bond acceptors (Lipinski definition) is 9. The maximum Gasteiger partial charge on any atom is 0.383 e. The van der Waals surface area contributed by atoms with Crippen LogP contribution in [0, 0.1) is 0 Å². The summed E-state index contributed by atoms with van der Waals surface area (Å²) in [5, 5.41) is 17.8. The SMILES string of the molecule is C=CCOCCC(O)COCC(F)(F)OC(F)(F)COCOCCO.C=CCOCCC1CO1. The van der Waals surface area contributed by atoms with Gasteiger partial charge >= 0.3 is 12.2 Å². The van der Waals surface area contributed by atoms with Gasteiger partial charge in [-0.15, -0.1) is 13.2 Å². The van der Waals surface area contributed by atoms with E-state index in [0.717, 1.165) is 19.6 Å². The number of aliphatic hydroxyl groups is 2. The summed E-state index contributed by atoms with van der Waals surface area (Å²) in [7, 11) is 0. The minimum absolute atomic E-state index is 0.123. The van der Waals surface area contributed by atoms with Crippen molar-refractivity contribution in [2.45, 2.75) is 37.3 Å². The number of alkyl halides is 4. The molecule has 1 aliphatic rings. The molecule has 2 atom stereocenters. The average Bonchev–Trinajstić information content (AvgIpc) is 3.58. The first kappa shape index (κ1) is 32.8. The molecule has 0 bridgehead atoms. The highest BCUT2D eigenvalue weighted by Crippen LogP contribution is 2.27. The summed E-state index contributed by atoms with van der Waals surface area (Å²) in [6.07, 6.45) is -4.73. The van der Waals surface area contributed by atoms with Gasteiger partial charge in [-0.25, -0.2) is 0 Å². The molecule has 0 amide bonds. The fraction of sp³-hybridized carbons (Fsp3) is 0.810. The monoisotopic (exact) mass is 508 g/mol. The Kier molecular flexibility index (Phi) is 19.4. The molecule has 1 aliphatic heterocycles. The van der Waals surface area contributed by atoms with E-state index in [-0.39, 0.29) is 32.8 Å². The molecule has 0 radical (unpaired) electrons. The Morgan fingerprint density at radius 2 is 1.50 bits per heavy atom. The van der Waals surface area contributed by atoms with E-state index in [4.69, 9.17) is 19.3 Å². The highest BCUT2D eigenvalue weighted by molar-refractivity contribution is 4.69. The van der Waals surface area contributed by atoms with Crippen LogP contribution >= 0.6 is 0 Å². The molecule has 1 saturated heterocycles. The number of hydrogen-bond donors (Lipinski definition) is 2. The molecule has 0 aromatic heterocycles. The van der Waals surface area contributed by atoms with Crippen LogP contribution in [-0.2, 0) is 33.2 Å². The molecule has 1 heterocycles. The Labute approximate surface area is 197 Å². The Balaban J connectivity index is 0.000000999. The van der Waals surface area contributed by atoms with Gasteiger partial charge in [0.05, 0.1) is 51.8 Å². The van der Waals surface area contributed by atoms with E-state index < -0.39 is 44.9 Å². The van der Waals surface area contributed by atoms with Crippen LogP contribution in [0.4, 0.5) is 17.6 Å². The van der Waals surface area contributed by atoms with Crippen molar-refractivity contribution in [2.24, 2.45) is 0 Å². The maximum absolute atomic E-state index is 13.3. The second-order valence-corrected chi connectivity index (χ2v) is 6.90. The first-order valence-corrected chi connectivity index (χ1v) is 10.6. The van der Waals surface area contributed by atoms with E-state index in [1.165, 1.54) is 6.08 Å². The van der Waals surface area contributed by atoms with E-state index in [1.54, 1.807) is 6.08 Å². The molecule has 0 aliphatic carbocycles. The third-order valence-electron chi connectivity index (χ3n) is 3.60. The highest BCUT2D eigenvalue weighted by Gasteiger charge is 2.44. The lowest BCUT2D eigenvalue weighted by molar-refractivity contribution is -0.396. The Hall–Kier alpha value is -1.16. The van der Waals surface area contributed by atoms with Gasteiger partial charge in [-0.3, -0.25) is 4.74 Å². The van der Waals surface area contributed by atoms with Crippen LogP contribution in [0.5, 0.6) is 0 Å². The molecule has 9 nitrogen and oxygen atoms in total. The first-order chi connectivity index (χ1) is 16.2. The van der Waals surface area contributed by atoms with E-state index in [1.807, 2.05) is 0 Å². The molecule has 202 valence electrons. The average molecular weight is 509 g/mol. The zero-order valence-corrected chi connectivity index (χ0v) is 19.2. The minimum atomic E-state index is -4.28. The molecule has 34 heavy (non-hydrogen) atoms. The second kappa shape index (κ2) is 20.1. The Morgan fingerprint density at radius 3 is 2.06 bits per heavy atom. The summed E-state index contributed by atoms with van der Waals surface area (Å²) >= 11 is 0. The van der Waals surface area contributed by atoms with Gasteiger partial charge in [-0.2, -0.15) is 17.6 Å². The normalized spacial score (nSPS) is 16.5. The lowest BCUT2D eigenvalue weighted by Crippen LogP contribution is -2.40. The summed E-state index contributed by atoms with van der Waals surface area (Å²) in [5.74, 6) is 0. The summed E-state index contributed by atoms with van der Waals surface area (Å²) in [5.41, 5.74) is 0. The van der Waals surface area contributed by atoms with Crippen LogP contribution < -0.4 is 0 Å². The van der Waals surface area contributed by atoms with Gasteiger partial charge in [0.1, 0.15) is 20.0 Å². The quantitative estimate of drug-likeness (QED) is 0.0748. The third kappa shape index (κ3) is 22.6. The summed E-state index contributed by atoms with van der Waals surface area (Å²) in [4.78, 5) is 0. The van der Waals surface area contributed by atoms with Gasteiger partial charge in [0.2, 0.25) is 0 Å². The molecule has 0 saturated carbocycles. The topological polar surface area (TPSA) is 108 Å². The molecule has 2 N–H and O–H groups in total. The van der Waals surface area contributed by atoms with Gasteiger partial charge in [0.15, 0.2) is 0 Å². The van der Waals surface area contributed by atoms with Crippen LogP contribution in [0.1, 0.15) is 12.8 Å². The van der Waals surface area contributed by atoms with Crippen molar-refractivity contribution < 1.29 is 60.9 Å². The Bertz CT molecular complexity index is 509. The maximum atomic E-state index is 13.3. The van der Waals surface area contributed by atoms with E-state index in [9.17, 15) is 22.7 Å². The summed E-state index contributed by atoms with van der Waals surface area (Å²) in [6.45, 7) is 5.28. The number of ether oxygens (including phenoxy) is 7. The third-order valence-corrected chi connectivity index (χ3v) is 3.60. The number of halogens is 4. The smallest absolute Gasteiger partial charge is 0.383 e. The summed E-state index contributed by atoms with van der Waals surface area (Å²) in [6, 6.07) is 0. The molecular weight excluding hydrogens is 472 g/mol. The van der Waals surface area contributed by atoms with Crippen molar-refractivity contribution in [3.8, 4) is 0 Å². The first-order valence-electron chi connectivity index (χ1n) is 10.6. The van der Waals surface area contributed by atoms with Crippen LogP contribution in [0.3, 0.4) is 0 Å². The number of aliphatic hydroxyl groups excluding tert-OH is 2. The van der Waals surface area contributed by atoms with Crippen molar-refractivity contribution in [3.05, 3.63) is 25.3 Å². The zero-order valence-electron chi connectivity index (χ0n) is 19.2. The summed E-state index contributed by atoms with van der Waals surface area (Å²) < 4.78 is 84.8. The predicted octanol–water partition coefficient (Wildman–Crippen LogP) is 2.12. The van der Waals surface area contributed by atoms with Gasteiger partial charge in [0, 0.05) is 13.2 Å². The van der Waals surface area contributed by atoms with Crippen LogP contribution in [0.15, 0.2) is 25.3 Å². The van der Waals surface area contributed by atoms with Crippen molar-refractivity contribution in [1.29, 1.82) is 0 Å². The van der Waals surface area contributed by atoms with E-state index in [0.29, 0.717) is 12.7 Å². The highest BCUT2D eigenvalue weighted by atomic mass is 19.3. The van der Waals surface area contributed by atoms with Crippen molar-refractivity contribution in [1.82, 2.24) is 0 Å². The predicted molar refractivity (Wildman–Crippen MR) is 113 cm³/mol. The van der Waals surface area contributed by atoms with Crippen LogP contribution in [-0.4, -0.2) is 107 Å². The molecule has 1 fully saturated rings. The van der Waals surface area contributed by atoms with Crippen LogP contribution in [0.25, 0.3) is 0 Å². The fourth-order valence-electron chi connectivity index (χ4n) is 2.02. The zero-order chi connectivity index (χ0) is 25.7. The van der Waals surface area contributed by atoms with Gasteiger partial charge < -0.3 is 38.6 Å².